The predicted octanol–water partition coefficient (Wildman–Crippen LogP) is 2.49. The van der Waals surface area contributed by atoms with Crippen LogP contribution in [-0.2, 0) is 0 Å². The number of aromatic nitrogens is 1. The van der Waals surface area contributed by atoms with E-state index in [-0.39, 0.29) is 5.56 Å². The zero-order valence-corrected chi connectivity index (χ0v) is 11.6. The first-order valence-corrected chi connectivity index (χ1v) is 6.31. The lowest BCUT2D eigenvalue weighted by molar-refractivity contribution is 0.0738. The Morgan fingerprint density at radius 3 is 2.62 bits per heavy atom. The van der Waals surface area contributed by atoms with Gasteiger partial charge in [-0.2, -0.15) is 0 Å². The minimum Gasteiger partial charge on any atom is -0.335 e. The Bertz CT molecular complexity index is 728. The average molecular weight is 292 g/mol. The van der Waals surface area contributed by atoms with Crippen molar-refractivity contribution in [3.8, 4) is 0 Å². The number of benzene rings is 1. The molecule has 1 amide bonds. The van der Waals surface area contributed by atoms with Gasteiger partial charge in [-0.3, -0.25) is 9.59 Å². The number of hydrogen-bond acceptors (Lipinski definition) is 2. The molecule has 4 nitrogen and oxygen atoms in total. The summed E-state index contributed by atoms with van der Waals surface area (Å²) in [6.45, 7) is 1.63. The van der Waals surface area contributed by atoms with Crippen LogP contribution in [-0.4, -0.2) is 22.8 Å². The molecule has 0 fully saturated rings. The summed E-state index contributed by atoms with van der Waals surface area (Å²) in [7, 11) is 1.43. The number of nitrogens with one attached hydrogen (secondary N) is 1. The maximum absolute atomic E-state index is 13.7. The van der Waals surface area contributed by atoms with Crippen molar-refractivity contribution in [1.29, 1.82) is 0 Å². The van der Waals surface area contributed by atoms with Gasteiger partial charge in [0, 0.05) is 18.8 Å². The zero-order valence-electron chi connectivity index (χ0n) is 11.6. The lowest BCUT2D eigenvalue weighted by Crippen LogP contribution is -2.34. The van der Waals surface area contributed by atoms with E-state index in [4.69, 9.17) is 0 Å². The number of carbonyl (C=O) groups is 1. The molecule has 1 aromatic carbocycles. The monoisotopic (exact) mass is 292 g/mol. The van der Waals surface area contributed by atoms with E-state index >= 15 is 0 Å². The number of halogens is 2. The number of amides is 1. The minimum absolute atomic E-state index is 0.319. The number of pyridine rings is 1. The fraction of sp³-hybridized carbons (Fsp3) is 0.200. The molecule has 21 heavy (non-hydrogen) atoms. The summed E-state index contributed by atoms with van der Waals surface area (Å²) in [5.41, 5.74) is -0.684. The third-order valence-corrected chi connectivity index (χ3v) is 3.36. The molecule has 0 aliphatic carbocycles. The topological polar surface area (TPSA) is 53.2 Å². The van der Waals surface area contributed by atoms with Crippen LogP contribution in [0, 0.1) is 11.6 Å². The molecule has 1 heterocycles. The zero-order chi connectivity index (χ0) is 15.6. The van der Waals surface area contributed by atoms with Gasteiger partial charge in [0.1, 0.15) is 17.2 Å². The molecule has 0 aliphatic heterocycles. The summed E-state index contributed by atoms with van der Waals surface area (Å²) in [4.78, 5) is 27.2. The Morgan fingerprint density at radius 1 is 1.29 bits per heavy atom. The van der Waals surface area contributed by atoms with Gasteiger partial charge in [0.25, 0.3) is 11.5 Å². The van der Waals surface area contributed by atoms with E-state index in [1.807, 2.05) is 0 Å². The summed E-state index contributed by atoms with van der Waals surface area (Å²) in [6, 6.07) is 6.32. The Morgan fingerprint density at radius 2 is 1.95 bits per heavy atom. The van der Waals surface area contributed by atoms with Crippen molar-refractivity contribution >= 4 is 5.91 Å². The molecular weight excluding hydrogens is 278 g/mol. The number of aromatic amines is 1. The van der Waals surface area contributed by atoms with E-state index in [9.17, 15) is 18.4 Å². The van der Waals surface area contributed by atoms with Crippen molar-refractivity contribution in [1.82, 2.24) is 9.88 Å². The number of hydrogen-bond donors (Lipinski definition) is 1. The van der Waals surface area contributed by atoms with Crippen molar-refractivity contribution < 1.29 is 13.6 Å². The average Bonchev–Trinajstić information content (AvgIpc) is 2.48. The van der Waals surface area contributed by atoms with Crippen molar-refractivity contribution in [2.75, 3.05) is 7.05 Å². The van der Waals surface area contributed by atoms with Gasteiger partial charge in [0.15, 0.2) is 0 Å². The summed E-state index contributed by atoms with van der Waals surface area (Å²) in [5.74, 6) is -1.84. The molecule has 0 spiro atoms. The molecule has 0 radical (unpaired) electrons. The van der Waals surface area contributed by atoms with Gasteiger partial charge < -0.3 is 9.88 Å². The molecule has 1 aromatic heterocycles. The molecule has 1 atom stereocenters. The second-order valence-electron chi connectivity index (χ2n) is 4.67. The highest BCUT2D eigenvalue weighted by atomic mass is 19.1. The summed E-state index contributed by atoms with van der Waals surface area (Å²) in [5, 5.41) is 0. The largest absolute Gasteiger partial charge is 0.335 e. The molecular formula is C15H14F2N2O2. The second-order valence-corrected chi connectivity index (χ2v) is 4.67. The van der Waals surface area contributed by atoms with Crippen LogP contribution in [0.25, 0.3) is 0 Å². The van der Waals surface area contributed by atoms with Crippen molar-refractivity contribution in [3.05, 3.63) is 69.6 Å². The molecule has 0 bridgehead atoms. The van der Waals surface area contributed by atoms with Crippen LogP contribution in [0.2, 0.25) is 0 Å². The first kappa shape index (κ1) is 14.9. The van der Waals surface area contributed by atoms with Crippen LogP contribution in [0.3, 0.4) is 0 Å². The molecule has 2 rings (SSSR count). The molecule has 1 N–H and O–H groups in total. The predicted molar refractivity (Wildman–Crippen MR) is 73.9 cm³/mol. The van der Waals surface area contributed by atoms with E-state index < -0.39 is 29.1 Å². The first-order chi connectivity index (χ1) is 9.91. The fourth-order valence-electron chi connectivity index (χ4n) is 2.00. The smallest absolute Gasteiger partial charge is 0.260 e. The Kier molecular flexibility index (Phi) is 4.16. The van der Waals surface area contributed by atoms with Crippen molar-refractivity contribution in [2.45, 2.75) is 13.0 Å². The molecule has 6 heteroatoms. The van der Waals surface area contributed by atoms with E-state index in [1.165, 1.54) is 18.0 Å². The molecule has 1 unspecified atom stereocenters. The standard InChI is InChI=1S/C15H14F2N2O2/c1-9(11-5-3-4-6-13(11)17)19(2)15(21)12-7-10(16)8-18-14(12)20/h3-9H,1-2H3,(H,18,20). The highest BCUT2D eigenvalue weighted by Gasteiger charge is 2.23. The van der Waals surface area contributed by atoms with Gasteiger partial charge in [-0.15, -0.1) is 0 Å². The number of rotatable bonds is 3. The quantitative estimate of drug-likeness (QED) is 0.945. The van der Waals surface area contributed by atoms with Crippen LogP contribution >= 0.6 is 0 Å². The van der Waals surface area contributed by atoms with Gasteiger partial charge >= 0.3 is 0 Å². The fourth-order valence-corrected chi connectivity index (χ4v) is 2.00. The molecule has 0 saturated carbocycles. The third-order valence-electron chi connectivity index (χ3n) is 3.36. The van der Waals surface area contributed by atoms with Gasteiger partial charge in [0.05, 0.1) is 6.04 Å². The van der Waals surface area contributed by atoms with Gasteiger partial charge in [-0.1, -0.05) is 18.2 Å². The van der Waals surface area contributed by atoms with E-state index in [0.717, 1.165) is 12.3 Å². The highest BCUT2D eigenvalue weighted by Crippen LogP contribution is 2.22. The minimum atomic E-state index is -0.718. The Hall–Kier alpha value is -2.50. The van der Waals surface area contributed by atoms with Crippen LogP contribution < -0.4 is 5.56 Å². The van der Waals surface area contributed by atoms with Crippen molar-refractivity contribution in [2.24, 2.45) is 0 Å². The van der Waals surface area contributed by atoms with Crippen molar-refractivity contribution in [3.63, 3.8) is 0 Å². The summed E-state index contributed by atoms with van der Waals surface area (Å²) >= 11 is 0. The molecule has 2 aromatic rings. The Labute approximate surface area is 120 Å². The molecule has 0 saturated heterocycles. The van der Waals surface area contributed by atoms with Crippen LogP contribution in [0.1, 0.15) is 28.9 Å². The lowest BCUT2D eigenvalue weighted by atomic mass is 10.1. The number of H-pyrrole nitrogens is 1. The van der Waals surface area contributed by atoms with Crippen LogP contribution in [0.15, 0.2) is 41.3 Å². The SMILES string of the molecule is CC(c1ccccc1F)N(C)C(=O)c1cc(F)c[nH]c1=O. The Balaban J connectivity index is 2.33. The van der Waals surface area contributed by atoms with E-state index in [1.54, 1.807) is 25.1 Å². The molecule has 0 aliphatic rings. The maximum atomic E-state index is 13.7. The first-order valence-electron chi connectivity index (χ1n) is 6.31. The maximum Gasteiger partial charge on any atom is 0.260 e. The van der Waals surface area contributed by atoms with E-state index in [0.29, 0.717) is 5.56 Å². The number of carbonyl (C=O) groups excluding carboxylic acids is 1. The van der Waals surface area contributed by atoms with Crippen LogP contribution in [0.4, 0.5) is 8.78 Å². The summed E-state index contributed by atoms with van der Waals surface area (Å²) < 4.78 is 26.9. The van der Waals surface area contributed by atoms with Gasteiger partial charge in [-0.25, -0.2) is 8.78 Å². The lowest BCUT2D eigenvalue weighted by Gasteiger charge is -2.25. The normalized spacial score (nSPS) is 12.0. The van der Waals surface area contributed by atoms with Gasteiger partial charge in [0.2, 0.25) is 0 Å². The number of nitrogens with zero attached hydrogens (tertiary/aromatic N) is 1. The highest BCUT2D eigenvalue weighted by molar-refractivity contribution is 5.93. The van der Waals surface area contributed by atoms with Crippen LogP contribution in [0.5, 0.6) is 0 Å². The second kappa shape index (κ2) is 5.87. The summed E-state index contributed by atoms with van der Waals surface area (Å²) in [6.07, 6.45) is 0.874. The van der Waals surface area contributed by atoms with Gasteiger partial charge in [-0.05, 0) is 19.1 Å². The third kappa shape index (κ3) is 2.99. The van der Waals surface area contributed by atoms with E-state index in [2.05, 4.69) is 4.98 Å². The molecule has 110 valence electrons.